The number of benzene rings is 2. The van der Waals surface area contributed by atoms with Gasteiger partial charge < -0.3 is 4.57 Å². The number of imidazole rings is 1. The Balaban J connectivity index is 1.73. The van der Waals surface area contributed by atoms with Gasteiger partial charge in [-0.15, -0.1) is 0 Å². The van der Waals surface area contributed by atoms with Crippen LogP contribution in [0.1, 0.15) is 5.82 Å². The van der Waals surface area contributed by atoms with Gasteiger partial charge in [-0.25, -0.2) is 15.0 Å². The summed E-state index contributed by atoms with van der Waals surface area (Å²) in [4.78, 5) is 13.6. The first-order valence-corrected chi connectivity index (χ1v) is 7.12. The van der Waals surface area contributed by atoms with Crippen molar-refractivity contribution in [3.05, 3.63) is 66.5 Å². The number of hydrogen-bond donors (Lipinski definition) is 0. The Bertz CT molecular complexity index is 998. The van der Waals surface area contributed by atoms with Gasteiger partial charge in [0.25, 0.3) is 0 Å². The maximum absolute atomic E-state index is 4.58. The molecule has 4 rings (SSSR count). The number of para-hydroxylation sites is 3. The van der Waals surface area contributed by atoms with E-state index < -0.39 is 0 Å². The van der Waals surface area contributed by atoms with E-state index in [1.54, 1.807) is 6.21 Å². The summed E-state index contributed by atoms with van der Waals surface area (Å²) in [6.07, 6.45) is 1.76. The van der Waals surface area contributed by atoms with Crippen molar-refractivity contribution in [2.45, 2.75) is 0 Å². The van der Waals surface area contributed by atoms with Crippen molar-refractivity contribution in [1.82, 2.24) is 14.5 Å². The minimum Gasteiger partial charge on any atom is -0.326 e. The number of aromatic nitrogens is 3. The van der Waals surface area contributed by atoms with Gasteiger partial charge in [0.15, 0.2) is 11.6 Å². The van der Waals surface area contributed by atoms with E-state index in [-0.39, 0.29) is 0 Å². The van der Waals surface area contributed by atoms with E-state index in [0.717, 1.165) is 27.8 Å². The molecule has 106 valence electrons. The third-order valence-electron chi connectivity index (χ3n) is 3.72. The fourth-order valence-corrected chi connectivity index (χ4v) is 2.53. The maximum Gasteiger partial charge on any atom is 0.152 e. The molecule has 0 aliphatic heterocycles. The molecule has 0 aliphatic rings. The van der Waals surface area contributed by atoms with Gasteiger partial charge >= 0.3 is 0 Å². The van der Waals surface area contributed by atoms with Gasteiger partial charge in [0.1, 0.15) is 0 Å². The van der Waals surface area contributed by atoms with Gasteiger partial charge in [0.2, 0.25) is 0 Å². The molecule has 4 aromatic rings. The summed E-state index contributed by atoms with van der Waals surface area (Å²) in [7, 11) is 1.99. The molecule has 0 saturated heterocycles. The van der Waals surface area contributed by atoms with E-state index in [4.69, 9.17) is 0 Å². The Kier molecular flexibility index (Phi) is 2.93. The van der Waals surface area contributed by atoms with Crippen LogP contribution >= 0.6 is 0 Å². The van der Waals surface area contributed by atoms with Crippen molar-refractivity contribution in [2.75, 3.05) is 0 Å². The standard InChI is InChI=1S/C18H14N4/c1-22-16-9-5-4-8-15(16)21-18(22)12-19-17-11-10-13-6-2-3-7-14(13)20-17/h2-12H,1H3. The van der Waals surface area contributed by atoms with Crippen molar-refractivity contribution in [1.29, 1.82) is 0 Å². The smallest absolute Gasteiger partial charge is 0.152 e. The predicted octanol–water partition coefficient (Wildman–Crippen LogP) is 3.87. The Labute approximate surface area is 127 Å². The quantitative estimate of drug-likeness (QED) is 0.525. The molecule has 4 nitrogen and oxygen atoms in total. The second kappa shape index (κ2) is 5.07. The molecular formula is C18H14N4. The largest absolute Gasteiger partial charge is 0.326 e. The summed E-state index contributed by atoms with van der Waals surface area (Å²) in [5.74, 6) is 1.50. The van der Waals surface area contributed by atoms with E-state index in [2.05, 4.69) is 15.0 Å². The zero-order chi connectivity index (χ0) is 14.9. The highest BCUT2D eigenvalue weighted by molar-refractivity contribution is 5.86. The zero-order valence-electron chi connectivity index (χ0n) is 12.1. The zero-order valence-corrected chi connectivity index (χ0v) is 12.1. The van der Waals surface area contributed by atoms with Crippen LogP contribution in [0.25, 0.3) is 21.9 Å². The van der Waals surface area contributed by atoms with E-state index in [1.165, 1.54) is 0 Å². The minimum absolute atomic E-state index is 0.686. The van der Waals surface area contributed by atoms with Crippen LogP contribution < -0.4 is 0 Å². The summed E-state index contributed by atoms with van der Waals surface area (Å²) in [6, 6.07) is 20.0. The fourth-order valence-electron chi connectivity index (χ4n) is 2.53. The van der Waals surface area contributed by atoms with Crippen LogP contribution in [0.2, 0.25) is 0 Å². The number of rotatable bonds is 2. The third kappa shape index (κ3) is 2.15. The molecule has 0 unspecified atom stereocenters. The fraction of sp³-hybridized carbons (Fsp3) is 0.0556. The number of pyridine rings is 1. The highest BCUT2D eigenvalue weighted by atomic mass is 15.1. The van der Waals surface area contributed by atoms with Gasteiger partial charge in [-0.1, -0.05) is 30.3 Å². The first-order valence-electron chi connectivity index (χ1n) is 7.12. The Morgan fingerprint density at radius 1 is 0.864 bits per heavy atom. The van der Waals surface area contributed by atoms with Gasteiger partial charge in [-0.2, -0.15) is 0 Å². The SMILES string of the molecule is Cn1c(C=Nc2ccc3ccccc3n2)nc2ccccc21. The molecular weight excluding hydrogens is 272 g/mol. The van der Waals surface area contributed by atoms with Crippen LogP contribution in [-0.2, 0) is 7.05 Å². The summed E-state index contributed by atoms with van der Waals surface area (Å²) >= 11 is 0. The number of nitrogens with zero attached hydrogens (tertiary/aromatic N) is 4. The summed E-state index contributed by atoms with van der Waals surface area (Å²) < 4.78 is 2.03. The Hall–Kier alpha value is -3.01. The molecule has 0 aliphatic carbocycles. The third-order valence-corrected chi connectivity index (χ3v) is 3.72. The summed E-state index contributed by atoms with van der Waals surface area (Å²) in [5, 5.41) is 1.11. The van der Waals surface area contributed by atoms with Crippen molar-refractivity contribution >= 4 is 34.0 Å². The molecule has 0 saturated carbocycles. The summed E-state index contributed by atoms with van der Waals surface area (Å²) in [5.41, 5.74) is 3.01. The lowest BCUT2D eigenvalue weighted by molar-refractivity contribution is 0.934. The van der Waals surface area contributed by atoms with E-state index in [0.29, 0.717) is 5.82 Å². The van der Waals surface area contributed by atoms with Crippen LogP contribution in [-0.4, -0.2) is 20.7 Å². The lowest BCUT2D eigenvalue weighted by Gasteiger charge is -1.98. The molecule has 22 heavy (non-hydrogen) atoms. The minimum atomic E-state index is 0.686. The normalized spacial score (nSPS) is 11.7. The first-order chi connectivity index (χ1) is 10.8. The average molecular weight is 286 g/mol. The van der Waals surface area contributed by atoms with Crippen LogP contribution in [0.15, 0.2) is 65.7 Å². The molecule has 2 aromatic carbocycles. The molecule has 0 amide bonds. The van der Waals surface area contributed by atoms with Gasteiger partial charge in [-0.3, -0.25) is 0 Å². The van der Waals surface area contributed by atoms with Gasteiger partial charge in [0, 0.05) is 12.4 Å². The monoisotopic (exact) mass is 286 g/mol. The molecule has 4 heteroatoms. The van der Waals surface area contributed by atoms with Crippen LogP contribution in [0.5, 0.6) is 0 Å². The van der Waals surface area contributed by atoms with E-state index in [1.807, 2.05) is 72.3 Å². The highest BCUT2D eigenvalue weighted by Crippen LogP contribution is 2.17. The van der Waals surface area contributed by atoms with Crippen LogP contribution in [0.3, 0.4) is 0 Å². The number of fused-ring (bicyclic) bond motifs is 2. The van der Waals surface area contributed by atoms with Crippen molar-refractivity contribution in [2.24, 2.45) is 12.0 Å². The first kappa shape index (κ1) is 12.7. The van der Waals surface area contributed by atoms with E-state index >= 15 is 0 Å². The second-order valence-electron chi connectivity index (χ2n) is 5.14. The lowest BCUT2D eigenvalue weighted by atomic mass is 10.2. The van der Waals surface area contributed by atoms with Crippen molar-refractivity contribution in [3.8, 4) is 0 Å². The van der Waals surface area contributed by atoms with Gasteiger partial charge in [0.05, 0.1) is 22.8 Å². The maximum atomic E-state index is 4.58. The number of aliphatic imine (C=N–C) groups is 1. The van der Waals surface area contributed by atoms with Crippen molar-refractivity contribution < 1.29 is 0 Å². The lowest BCUT2D eigenvalue weighted by Crippen LogP contribution is -1.95. The summed E-state index contributed by atoms with van der Waals surface area (Å²) in [6.45, 7) is 0. The number of aryl methyl sites for hydroxylation is 1. The van der Waals surface area contributed by atoms with Gasteiger partial charge in [-0.05, 0) is 30.3 Å². The highest BCUT2D eigenvalue weighted by Gasteiger charge is 2.04. The second-order valence-corrected chi connectivity index (χ2v) is 5.14. The molecule has 0 N–H and O–H groups in total. The molecule has 2 aromatic heterocycles. The molecule has 0 fully saturated rings. The van der Waals surface area contributed by atoms with Crippen LogP contribution in [0, 0.1) is 0 Å². The van der Waals surface area contributed by atoms with Crippen molar-refractivity contribution in [3.63, 3.8) is 0 Å². The average Bonchev–Trinajstić information content (AvgIpc) is 2.89. The van der Waals surface area contributed by atoms with E-state index in [9.17, 15) is 0 Å². The predicted molar refractivity (Wildman–Crippen MR) is 89.7 cm³/mol. The Morgan fingerprint density at radius 2 is 1.64 bits per heavy atom. The molecule has 2 heterocycles. The molecule has 0 radical (unpaired) electrons. The number of hydrogen-bond acceptors (Lipinski definition) is 3. The van der Waals surface area contributed by atoms with Crippen LogP contribution in [0.4, 0.5) is 5.82 Å². The Morgan fingerprint density at radius 3 is 2.50 bits per heavy atom. The molecule has 0 bridgehead atoms. The molecule has 0 atom stereocenters. The topological polar surface area (TPSA) is 43.1 Å². The molecule has 0 spiro atoms.